The van der Waals surface area contributed by atoms with Crippen molar-refractivity contribution >= 4 is 35.8 Å². The molecule has 0 bridgehead atoms. The summed E-state index contributed by atoms with van der Waals surface area (Å²) in [4.78, 5) is 18.8. The van der Waals surface area contributed by atoms with Gasteiger partial charge in [-0.15, -0.1) is 24.0 Å². The van der Waals surface area contributed by atoms with Crippen molar-refractivity contribution in [2.45, 2.75) is 18.9 Å². The normalized spacial score (nSPS) is 15.8. The molecule has 0 saturated carbocycles. The van der Waals surface area contributed by atoms with Gasteiger partial charge in [-0.05, 0) is 41.8 Å². The Morgan fingerprint density at radius 1 is 1.03 bits per heavy atom. The number of benzene rings is 2. The van der Waals surface area contributed by atoms with Gasteiger partial charge in [0.2, 0.25) is 5.91 Å². The van der Waals surface area contributed by atoms with Crippen LogP contribution >= 0.6 is 24.0 Å². The number of nitrogens with zero attached hydrogens (tertiary/aromatic N) is 2. The first-order chi connectivity index (χ1) is 14.6. The largest absolute Gasteiger partial charge is 0.497 e. The van der Waals surface area contributed by atoms with Crippen LogP contribution < -0.4 is 20.1 Å². The van der Waals surface area contributed by atoms with Gasteiger partial charge in [-0.25, -0.2) is 0 Å². The van der Waals surface area contributed by atoms with Crippen LogP contribution in [0.4, 0.5) is 0 Å². The van der Waals surface area contributed by atoms with E-state index in [2.05, 4.69) is 32.7 Å². The Kier molecular flexibility index (Phi) is 9.90. The summed E-state index contributed by atoms with van der Waals surface area (Å²) in [5, 5.41) is 6.10. The Morgan fingerprint density at radius 3 is 2.23 bits per heavy atom. The smallest absolute Gasteiger partial charge is 0.239 e. The Hall–Kier alpha value is -2.49. The molecule has 1 unspecified atom stereocenters. The molecule has 1 atom stereocenters. The second kappa shape index (κ2) is 12.4. The first-order valence-corrected chi connectivity index (χ1v) is 10.1. The van der Waals surface area contributed by atoms with Crippen molar-refractivity contribution in [2.24, 2.45) is 4.99 Å². The van der Waals surface area contributed by atoms with Crippen LogP contribution in [0.2, 0.25) is 0 Å². The average molecular weight is 538 g/mol. The number of methoxy groups -OCH3 is 2. The van der Waals surface area contributed by atoms with Crippen molar-refractivity contribution < 1.29 is 14.3 Å². The lowest BCUT2D eigenvalue weighted by Crippen LogP contribution is -2.44. The molecule has 2 aromatic carbocycles. The van der Waals surface area contributed by atoms with Crippen LogP contribution in [0.1, 0.15) is 23.5 Å². The van der Waals surface area contributed by atoms with Crippen molar-refractivity contribution in [3.8, 4) is 11.5 Å². The highest BCUT2D eigenvalue weighted by Gasteiger charge is 2.26. The number of amides is 1. The van der Waals surface area contributed by atoms with Crippen molar-refractivity contribution in [3.05, 3.63) is 59.7 Å². The zero-order valence-corrected chi connectivity index (χ0v) is 20.6. The van der Waals surface area contributed by atoms with Gasteiger partial charge in [0.15, 0.2) is 5.96 Å². The molecule has 31 heavy (non-hydrogen) atoms. The lowest BCUT2D eigenvalue weighted by atomic mass is 9.98. The molecule has 1 aliphatic heterocycles. The molecule has 1 amide bonds. The molecule has 8 heteroatoms. The van der Waals surface area contributed by atoms with Crippen molar-refractivity contribution in [2.75, 3.05) is 40.9 Å². The van der Waals surface area contributed by atoms with Gasteiger partial charge >= 0.3 is 0 Å². The second-order valence-electron chi connectivity index (χ2n) is 7.23. The molecular weight excluding hydrogens is 507 g/mol. The van der Waals surface area contributed by atoms with E-state index in [4.69, 9.17) is 9.47 Å². The molecule has 1 fully saturated rings. The van der Waals surface area contributed by atoms with Gasteiger partial charge in [0.1, 0.15) is 11.5 Å². The molecule has 2 aromatic rings. The molecular formula is C23H31IN4O3. The maximum atomic E-state index is 12.2. The number of hydrogen-bond donors (Lipinski definition) is 2. The number of carbonyl (C=O) groups is 1. The molecule has 0 aliphatic carbocycles. The van der Waals surface area contributed by atoms with E-state index in [1.165, 1.54) is 5.56 Å². The SMILES string of the molecule is CN=C(NCC(=O)NCc1ccc(OC)cc1)N1CCC(c2ccc(OC)cc2)C1.I. The van der Waals surface area contributed by atoms with Crippen molar-refractivity contribution in [3.63, 3.8) is 0 Å². The zero-order chi connectivity index (χ0) is 21.3. The second-order valence-corrected chi connectivity index (χ2v) is 7.23. The number of likely N-dealkylation sites (tertiary alicyclic amines) is 1. The highest BCUT2D eigenvalue weighted by Crippen LogP contribution is 2.28. The molecule has 1 saturated heterocycles. The highest BCUT2D eigenvalue weighted by atomic mass is 127. The predicted octanol–water partition coefficient (Wildman–Crippen LogP) is 3.00. The van der Waals surface area contributed by atoms with Gasteiger partial charge in [0.05, 0.1) is 20.8 Å². The van der Waals surface area contributed by atoms with E-state index in [1.807, 2.05) is 36.4 Å². The molecule has 3 rings (SSSR count). The fourth-order valence-corrected chi connectivity index (χ4v) is 3.60. The minimum Gasteiger partial charge on any atom is -0.497 e. The van der Waals surface area contributed by atoms with E-state index in [0.717, 1.165) is 42.5 Å². The summed E-state index contributed by atoms with van der Waals surface area (Å²) in [5.41, 5.74) is 2.32. The van der Waals surface area contributed by atoms with E-state index in [9.17, 15) is 4.79 Å². The van der Waals surface area contributed by atoms with Crippen LogP contribution in [0, 0.1) is 0 Å². The fraction of sp³-hybridized carbons (Fsp3) is 0.391. The molecule has 0 aromatic heterocycles. The van der Waals surface area contributed by atoms with Gasteiger partial charge in [0, 0.05) is 32.6 Å². The summed E-state index contributed by atoms with van der Waals surface area (Å²) in [6.07, 6.45) is 1.05. The van der Waals surface area contributed by atoms with E-state index in [1.54, 1.807) is 21.3 Å². The maximum absolute atomic E-state index is 12.2. The van der Waals surface area contributed by atoms with Crippen LogP contribution in [-0.4, -0.2) is 57.7 Å². The third-order valence-electron chi connectivity index (χ3n) is 5.34. The first kappa shape index (κ1) is 24.8. The summed E-state index contributed by atoms with van der Waals surface area (Å²) in [6, 6.07) is 15.9. The van der Waals surface area contributed by atoms with Crippen molar-refractivity contribution in [1.82, 2.24) is 15.5 Å². The molecule has 1 aliphatic rings. The Morgan fingerprint density at radius 2 is 1.65 bits per heavy atom. The van der Waals surface area contributed by atoms with E-state index in [-0.39, 0.29) is 36.4 Å². The zero-order valence-electron chi connectivity index (χ0n) is 18.3. The summed E-state index contributed by atoms with van der Waals surface area (Å²) in [7, 11) is 5.06. The molecule has 168 valence electrons. The number of nitrogens with one attached hydrogen (secondary N) is 2. The average Bonchev–Trinajstić information content (AvgIpc) is 3.28. The van der Waals surface area contributed by atoms with Crippen molar-refractivity contribution in [1.29, 1.82) is 0 Å². The van der Waals surface area contributed by atoms with Gasteiger partial charge in [-0.1, -0.05) is 24.3 Å². The third-order valence-corrected chi connectivity index (χ3v) is 5.34. The summed E-state index contributed by atoms with van der Waals surface area (Å²) < 4.78 is 10.4. The molecule has 0 spiro atoms. The van der Waals surface area contributed by atoms with Gasteiger partial charge < -0.3 is 25.0 Å². The number of rotatable bonds is 7. The third kappa shape index (κ3) is 7.02. The minimum atomic E-state index is -0.0714. The van der Waals surface area contributed by atoms with E-state index >= 15 is 0 Å². The van der Waals surface area contributed by atoms with E-state index < -0.39 is 0 Å². The number of halogens is 1. The van der Waals surface area contributed by atoms with E-state index in [0.29, 0.717) is 12.5 Å². The molecule has 7 nitrogen and oxygen atoms in total. The summed E-state index contributed by atoms with van der Waals surface area (Å²) in [5.74, 6) is 2.79. The Labute approximate surface area is 201 Å². The summed E-state index contributed by atoms with van der Waals surface area (Å²) >= 11 is 0. The first-order valence-electron chi connectivity index (χ1n) is 10.1. The molecule has 0 radical (unpaired) electrons. The number of aliphatic imine (C=N–C) groups is 1. The Bertz CT molecular complexity index is 856. The predicted molar refractivity (Wildman–Crippen MR) is 134 cm³/mol. The van der Waals surface area contributed by atoms with Gasteiger partial charge in [0.25, 0.3) is 0 Å². The fourth-order valence-electron chi connectivity index (χ4n) is 3.60. The van der Waals surface area contributed by atoms with Gasteiger partial charge in [-0.3, -0.25) is 9.79 Å². The quantitative estimate of drug-likeness (QED) is 0.322. The van der Waals surface area contributed by atoms with Crippen LogP contribution in [-0.2, 0) is 11.3 Å². The number of guanidine groups is 1. The Balaban J connectivity index is 0.00000341. The minimum absolute atomic E-state index is 0. The molecule has 2 N–H and O–H groups in total. The lowest BCUT2D eigenvalue weighted by molar-refractivity contribution is -0.120. The van der Waals surface area contributed by atoms with Crippen LogP contribution in [0.5, 0.6) is 11.5 Å². The van der Waals surface area contributed by atoms with Gasteiger partial charge in [-0.2, -0.15) is 0 Å². The van der Waals surface area contributed by atoms with Crippen LogP contribution in [0.15, 0.2) is 53.5 Å². The van der Waals surface area contributed by atoms with Crippen LogP contribution in [0.3, 0.4) is 0 Å². The number of hydrogen-bond acceptors (Lipinski definition) is 4. The number of carbonyl (C=O) groups excluding carboxylic acids is 1. The monoisotopic (exact) mass is 538 g/mol. The van der Waals surface area contributed by atoms with Crippen LogP contribution in [0.25, 0.3) is 0 Å². The summed E-state index contributed by atoms with van der Waals surface area (Å²) in [6.45, 7) is 2.45. The topological polar surface area (TPSA) is 75.2 Å². The standard InChI is InChI=1S/C23H30N4O3.HI/c1-24-23(26-15-22(28)25-14-17-4-8-20(29-2)9-5-17)27-13-12-19(16-27)18-6-10-21(30-3)11-7-18;/h4-11,19H,12-16H2,1-3H3,(H,24,26)(H,25,28);1H. The lowest BCUT2D eigenvalue weighted by Gasteiger charge is -2.21. The maximum Gasteiger partial charge on any atom is 0.239 e. The highest BCUT2D eigenvalue weighted by molar-refractivity contribution is 14.0. The number of ether oxygens (including phenoxy) is 2. The molecule has 1 heterocycles.